The van der Waals surface area contributed by atoms with Gasteiger partial charge >= 0.3 is 12.0 Å². The summed E-state index contributed by atoms with van der Waals surface area (Å²) in [7, 11) is 0. The molecule has 0 unspecified atom stereocenters. The molecule has 2 heterocycles. The summed E-state index contributed by atoms with van der Waals surface area (Å²) >= 11 is 0. The third kappa shape index (κ3) is 3.74. The Bertz CT molecular complexity index is 938. The summed E-state index contributed by atoms with van der Waals surface area (Å²) in [6, 6.07) is 9.12. The van der Waals surface area contributed by atoms with E-state index in [2.05, 4.69) is 10.3 Å². The zero-order chi connectivity index (χ0) is 20.4. The summed E-state index contributed by atoms with van der Waals surface area (Å²) in [4.78, 5) is 30.0. The normalized spacial score (nSPS) is 22.9. The van der Waals surface area contributed by atoms with Gasteiger partial charge in [-0.15, -0.1) is 0 Å². The number of nitrogens with zero attached hydrogens (tertiary/aromatic N) is 2. The second kappa shape index (κ2) is 7.69. The number of carboxylic acids is 1. The Kier molecular flexibility index (Phi) is 5.08. The number of ether oxygens (including phenoxy) is 1. The molecule has 29 heavy (non-hydrogen) atoms. The molecule has 1 aliphatic carbocycles. The average molecular weight is 399 g/mol. The molecule has 1 aromatic carbocycles. The maximum atomic E-state index is 13.7. The number of rotatable bonds is 5. The van der Waals surface area contributed by atoms with Gasteiger partial charge in [0.2, 0.25) is 5.88 Å². The van der Waals surface area contributed by atoms with Crippen LogP contribution >= 0.6 is 0 Å². The van der Waals surface area contributed by atoms with E-state index in [9.17, 15) is 19.1 Å². The van der Waals surface area contributed by atoms with Crippen molar-refractivity contribution >= 4 is 12.0 Å². The smallest absolute Gasteiger partial charge is 0.317 e. The van der Waals surface area contributed by atoms with Crippen LogP contribution in [0.3, 0.4) is 0 Å². The van der Waals surface area contributed by atoms with E-state index in [0.29, 0.717) is 13.0 Å². The largest absolute Gasteiger partial charge is 0.481 e. The first-order valence-corrected chi connectivity index (χ1v) is 9.61. The van der Waals surface area contributed by atoms with Gasteiger partial charge in [-0.2, -0.15) is 0 Å². The maximum absolute atomic E-state index is 13.7. The average Bonchev–Trinajstić information content (AvgIpc) is 3.27. The van der Waals surface area contributed by atoms with Crippen molar-refractivity contribution in [2.45, 2.75) is 25.8 Å². The standard InChI is InChI=1S/C21H22FN3O4/c22-16-5-1-2-6-17(16)29-18-10-14(7-9-23-18)11-24-20(28)25-12-15-4-3-8-21(15,13-25)19(26)27/h1-2,5-7,9-10,15H,3-4,8,11-13H2,(H,24,28)(H,26,27)/t15-,21+/m0/s1. The molecule has 1 saturated carbocycles. The van der Waals surface area contributed by atoms with E-state index in [1.165, 1.54) is 18.3 Å². The number of likely N-dealkylation sites (tertiary alicyclic amines) is 1. The molecule has 0 bridgehead atoms. The number of fused-ring (bicyclic) bond motifs is 1. The van der Waals surface area contributed by atoms with E-state index in [0.717, 1.165) is 18.4 Å². The van der Waals surface area contributed by atoms with Crippen molar-refractivity contribution in [2.75, 3.05) is 13.1 Å². The van der Waals surface area contributed by atoms with Crippen LogP contribution < -0.4 is 10.1 Å². The fourth-order valence-corrected chi connectivity index (χ4v) is 4.34. The van der Waals surface area contributed by atoms with Gasteiger partial charge in [0.05, 0.1) is 5.41 Å². The molecule has 7 nitrogen and oxygen atoms in total. The predicted octanol–water partition coefficient (Wildman–Crippen LogP) is 3.41. The molecule has 4 rings (SSSR count). The number of pyridine rings is 1. The Balaban J connectivity index is 1.37. The van der Waals surface area contributed by atoms with Gasteiger partial charge in [-0.25, -0.2) is 14.2 Å². The number of benzene rings is 1. The quantitative estimate of drug-likeness (QED) is 0.804. The molecule has 2 fully saturated rings. The molecule has 1 saturated heterocycles. The van der Waals surface area contributed by atoms with Crippen LogP contribution in [-0.4, -0.2) is 40.1 Å². The molecule has 1 aromatic heterocycles. The zero-order valence-corrected chi connectivity index (χ0v) is 15.8. The van der Waals surface area contributed by atoms with E-state index >= 15 is 0 Å². The third-order valence-electron chi connectivity index (χ3n) is 5.88. The molecular weight excluding hydrogens is 377 g/mol. The Labute approximate surface area is 167 Å². The second-order valence-corrected chi connectivity index (χ2v) is 7.62. The number of urea groups is 1. The number of carbonyl (C=O) groups excluding carboxylic acids is 1. The zero-order valence-electron chi connectivity index (χ0n) is 15.8. The van der Waals surface area contributed by atoms with Crippen molar-refractivity contribution < 1.29 is 23.8 Å². The van der Waals surface area contributed by atoms with Crippen LogP contribution in [0.4, 0.5) is 9.18 Å². The Morgan fingerprint density at radius 3 is 2.93 bits per heavy atom. The molecule has 0 spiro atoms. The minimum atomic E-state index is -0.806. The number of aromatic nitrogens is 1. The van der Waals surface area contributed by atoms with E-state index in [-0.39, 0.29) is 36.7 Å². The van der Waals surface area contributed by atoms with Gasteiger partial charge < -0.3 is 20.1 Å². The lowest BCUT2D eigenvalue weighted by atomic mass is 9.81. The number of para-hydroxylation sites is 1. The van der Waals surface area contributed by atoms with Gasteiger partial charge in [0.1, 0.15) is 0 Å². The van der Waals surface area contributed by atoms with Crippen molar-refractivity contribution in [1.82, 2.24) is 15.2 Å². The monoisotopic (exact) mass is 399 g/mol. The number of amides is 2. The fourth-order valence-electron chi connectivity index (χ4n) is 4.34. The number of hydrogen-bond acceptors (Lipinski definition) is 4. The van der Waals surface area contributed by atoms with Crippen LogP contribution in [0.2, 0.25) is 0 Å². The molecule has 152 valence electrons. The van der Waals surface area contributed by atoms with Gasteiger partial charge in [-0.3, -0.25) is 4.79 Å². The summed E-state index contributed by atoms with van der Waals surface area (Å²) in [6.07, 6.45) is 3.89. The highest BCUT2D eigenvalue weighted by Crippen LogP contribution is 2.48. The van der Waals surface area contributed by atoms with Crippen molar-refractivity contribution in [3.05, 3.63) is 54.0 Å². The van der Waals surface area contributed by atoms with Crippen molar-refractivity contribution in [2.24, 2.45) is 11.3 Å². The van der Waals surface area contributed by atoms with E-state index < -0.39 is 17.2 Å². The van der Waals surface area contributed by atoms with E-state index in [4.69, 9.17) is 4.74 Å². The minimum absolute atomic E-state index is 0.0208. The number of aliphatic carboxylic acids is 1. The predicted molar refractivity (Wildman–Crippen MR) is 102 cm³/mol. The van der Waals surface area contributed by atoms with E-state index in [1.807, 2.05) is 0 Å². The fraction of sp³-hybridized carbons (Fsp3) is 0.381. The van der Waals surface area contributed by atoms with E-state index in [1.54, 1.807) is 29.2 Å². The molecule has 0 radical (unpaired) electrons. The molecule has 2 aromatic rings. The summed E-state index contributed by atoms with van der Waals surface area (Å²) in [5.41, 5.74) is -0.0542. The molecule has 2 aliphatic rings. The molecule has 1 aliphatic heterocycles. The van der Waals surface area contributed by atoms with Gasteiger partial charge in [-0.1, -0.05) is 18.6 Å². The maximum Gasteiger partial charge on any atom is 0.317 e. The highest BCUT2D eigenvalue weighted by Gasteiger charge is 2.55. The first kappa shape index (κ1) is 19.2. The lowest BCUT2D eigenvalue weighted by Crippen LogP contribution is -2.41. The molecule has 2 N–H and O–H groups in total. The lowest BCUT2D eigenvalue weighted by Gasteiger charge is -2.23. The van der Waals surface area contributed by atoms with Crippen molar-refractivity contribution in [3.63, 3.8) is 0 Å². The first-order valence-electron chi connectivity index (χ1n) is 9.61. The number of nitrogens with one attached hydrogen (secondary N) is 1. The lowest BCUT2D eigenvalue weighted by molar-refractivity contribution is -0.149. The SMILES string of the molecule is O=C(NCc1ccnc(Oc2ccccc2F)c1)N1C[C@@H]2CCC[C@@]2(C(=O)O)C1. The number of hydrogen-bond donors (Lipinski definition) is 2. The van der Waals surface area contributed by atoms with Crippen LogP contribution in [0.1, 0.15) is 24.8 Å². The molecule has 2 atom stereocenters. The summed E-state index contributed by atoms with van der Waals surface area (Å²) < 4.78 is 19.2. The third-order valence-corrected chi connectivity index (χ3v) is 5.88. The Hall–Kier alpha value is -3.16. The van der Waals surface area contributed by atoms with Crippen molar-refractivity contribution in [3.8, 4) is 11.6 Å². The van der Waals surface area contributed by atoms with Crippen LogP contribution in [0.15, 0.2) is 42.6 Å². The highest BCUT2D eigenvalue weighted by molar-refractivity contribution is 5.80. The Morgan fingerprint density at radius 2 is 2.17 bits per heavy atom. The molecule has 8 heteroatoms. The van der Waals surface area contributed by atoms with Crippen LogP contribution in [0.25, 0.3) is 0 Å². The Morgan fingerprint density at radius 1 is 1.34 bits per heavy atom. The molecule has 2 amide bonds. The summed E-state index contributed by atoms with van der Waals surface area (Å²) in [5.74, 6) is -0.974. The topological polar surface area (TPSA) is 91.8 Å². The number of halogens is 1. The van der Waals surface area contributed by atoms with Gasteiger partial charge in [0.15, 0.2) is 11.6 Å². The summed E-state index contributed by atoms with van der Waals surface area (Å²) in [5, 5.41) is 12.5. The number of carboxylic acid groups (broad SMARTS) is 1. The van der Waals surface area contributed by atoms with Gasteiger partial charge in [0, 0.05) is 31.9 Å². The minimum Gasteiger partial charge on any atom is -0.481 e. The van der Waals surface area contributed by atoms with Crippen LogP contribution in [0.5, 0.6) is 11.6 Å². The highest BCUT2D eigenvalue weighted by atomic mass is 19.1. The van der Waals surface area contributed by atoms with Crippen LogP contribution in [0, 0.1) is 17.2 Å². The number of carbonyl (C=O) groups is 2. The molecular formula is C21H22FN3O4. The van der Waals surface area contributed by atoms with Crippen molar-refractivity contribution in [1.29, 1.82) is 0 Å². The second-order valence-electron chi connectivity index (χ2n) is 7.62. The van der Waals surface area contributed by atoms with Gasteiger partial charge in [0.25, 0.3) is 0 Å². The summed E-state index contributed by atoms with van der Waals surface area (Å²) in [6.45, 7) is 0.948. The van der Waals surface area contributed by atoms with Crippen LogP contribution in [-0.2, 0) is 11.3 Å². The first-order chi connectivity index (χ1) is 14.0. The van der Waals surface area contributed by atoms with Gasteiger partial charge in [-0.05, 0) is 42.5 Å².